The topological polar surface area (TPSA) is 51.6 Å². The summed E-state index contributed by atoms with van der Waals surface area (Å²) < 4.78 is 13.7. The molecule has 0 radical (unpaired) electrons. The second kappa shape index (κ2) is 11.1. The van der Waals surface area contributed by atoms with Gasteiger partial charge < -0.3 is 24.3 Å². The molecule has 2 atom stereocenters. The van der Waals surface area contributed by atoms with E-state index in [4.69, 9.17) is 26.7 Å². The summed E-state index contributed by atoms with van der Waals surface area (Å²) in [6, 6.07) is 31.9. The lowest BCUT2D eigenvalue weighted by Crippen LogP contribution is -2.29. The molecule has 2 aromatic heterocycles. The third-order valence-corrected chi connectivity index (χ3v) is 8.14. The maximum Gasteiger partial charge on any atom is 0.174 e. The molecule has 41 heavy (non-hydrogen) atoms. The number of ether oxygens (including phenoxy) is 2. The molecule has 3 aromatic carbocycles. The fraction of sp³-hybridized carbons (Fsp3) is 0.176. The number of methoxy groups -OCH3 is 1. The Balaban J connectivity index is 1.41. The molecule has 6 nitrogen and oxygen atoms in total. The van der Waals surface area contributed by atoms with E-state index in [0.29, 0.717) is 5.11 Å². The van der Waals surface area contributed by atoms with Crippen molar-refractivity contribution in [3.63, 3.8) is 0 Å². The quantitative estimate of drug-likeness (QED) is 0.205. The van der Waals surface area contributed by atoms with Gasteiger partial charge in [0.15, 0.2) is 5.11 Å². The summed E-state index contributed by atoms with van der Waals surface area (Å²) >= 11 is 5.99. The molecule has 5 aromatic rings. The summed E-state index contributed by atoms with van der Waals surface area (Å²) in [6.07, 6.45) is 1.84. The monoisotopic (exact) mass is 560 g/mol. The molecule has 6 rings (SSSR count). The molecule has 7 heteroatoms. The third kappa shape index (κ3) is 4.93. The molecule has 1 aliphatic rings. The van der Waals surface area contributed by atoms with Crippen LogP contribution in [0.5, 0.6) is 17.2 Å². The van der Waals surface area contributed by atoms with Gasteiger partial charge in [0.25, 0.3) is 0 Å². The van der Waals surface area contributed by atoms with Gasteiger partial charge in [-0.1, -0.05) is 24.3 Å². The smallest absolute Gasteiger partial charge is 0.174 e. The zero-order valence-electron chi connectivity index (χ0n) is 23.5. The normalized spacial score (nSPS) is 16.5. The zero-order valence-corrected chi connectivity index (χ0v) is 24.4. The molecule has 1 fully saturated rings. The molecule has 0 spiro atoms. The van der Waals surface area contributed by atoms with Crippen molar-refractivity contribution in [1.29, 1.82) is 0 Å². The van der Waals surface area contributed by atoms with Crippen molar-refractivity contribution in [2.75, 3.05) is 12.0 Å². The van der Waals surface area contributed by atoms with Crippen LogP contribution in [0, 0.1) is 20.8 Å². The Morgan fingerprint density at radius 1 is 0.732 bits per heavy atom. The fourth-order valence-corrected chi connectivity index (χ4v) is 6.13. The number of benzene rings is 3. The average molecular weight is 561 g/mol. The highest BCUT2D eigenvalue weighted by Crippen LogP contribution is 2.45. The summed E-state index contributed by atoms with van der Waals surface area (Å²) in [5.74, 6) is 2.28. The van der Waals surface area contributed by atoms with Crippen LogP contribution in [0.2, 0.25) is 0 Å². The zero-order chi connectivity index (χ0) is 28.5. The van der Waals surface area contributed by atoms with Crippen LogP contribution in [-0.4, -0.2) is 21.8 Å². The molecule has 0 unspecified atom stereocenters. The number of thiocarbonyl (C=S) groups is 1. The van der Waals surface area contributed by atoms with Crippen LogP contribution >= 0.6 is 12.2 Å². The molecule has 1 aliphatic heterocycles. The van der Waals surface area contributed by atoms with Gasteiger partial charge >= 0.3 is 0 Å². The van der Waals surface area contributed by atoms with Crippen LogP contribution in [-0.2, 0) is 0 Å². The molecule has 3 heterocycles. The predicted molar refractivity (Wildman–Crippen MR) is 167 cm³/mol. The van der Waals surface area contributed by atoms with E-state index in [1.165, 1.54) is 22.5 Å². The second-order valence-corrected chi connectivity index (χ2v) is 10.5. The van der Waals surface area contributed by atoms with E-state index in [1.54, 1.807) is 7.11 Å². The number of nitrogens with zero attached hydrogens (tertiary/aromatic N) is 3. The van der Waals surface area contributed by atoms with E-state index < -0.39 is 0 Å². The van der Waals surface area contributed by atoms with Crippen LogP contribution in [0.15, 0.2) is 103 Å². The van der Waals surface area contributed by atoms with Gasteiger partial charge in [-0.15, -0.1) is 0 Å². The largest absolute Gasteiger partial charge is 0.497 e. The van der Waals surface area contributed by atoms with Gasteiger partial charge in [-0.05, 0) is 111 Å². The van der Waals surface area contributed by atoms with Gasteiger partial charge in [0.1, 0.15) is 17.2 Å². The van der Waals surface area contributed by atoms with Gasteiger partial charge in [-0.25, -0.2) is 0 Å². The van der Waals surface area contributed by atoms with Gasteiger partial charge in [-0.3, -0.25) is 4.98 Å². The number of nitrogens with one attached hydrogen (secondary N) is 1. The van der Waals surface area contributed by atoms with E-state index in [2.05, 4.69) is 78.0 Å². The highest BCUT2D eigenvalue weighted by atomic mass is 32.1. The summed E-state index contributed by atoms with van der Waals surface area (Å²) in [4.78, 5) is 6.95. The first-order valence-corrected chi connectivity index (χ1v) is 14.0. The second-order valence-electron chi connectivity index (χ2n) is 10.1. The van der Waals surface area contributed by atoms with E-state index in [-0.39, 0.29) is 12.1 Å². The molecular formula is C34H32N4O2S. The number of hydrogen-bond donors (Lipinski definition) is 1. The lowest BCUT2D eigenvalue weighted by atomic mass is 9.93. The highest BCUT2D eigenvalue weighted by Gasteiger charge is 2.43. The molecular weight excluding hydrogens is 528 g/mol. The number of anilines is 1. The molecule has 0 saturated carbocycles. The number of hydrogen-bond acceptors (Lipinski definition) is 4. The SMILES string of the molecule is COc1ccc(Oc2ccc(N3C(=S)N[C@@H](c4ccccn4)[C@@H]3c3c(C)c(C)n(-c4ccccc4)c3C)cc2)cc1. The van der Waals surface area contributed by atoms with Crippen molar-refractivity contribution in [3.8, 4) is 22.9 Å². The van der Waals surface area contributed by atoms with Crippen LogP contribution in [0.1, 0.15) is 40.3 Å². The summed E-state index contributed by atoms with van der Waals surface area (Å²) in [7, 11) is 1.65. The maximum atomic E-state index is 6.09. The molecule has 0 bridgehead atoms. The minimum Gasteiger partial charge on any atom is -0.497 e. The van der Waals surface area contributed by atoms with Crippen molar-refractivity contribution in [1.82, 2.24) is 14.9 Å². The van der Waals surface area contributed by atoms with Gasteiger partial charge in [-0.2, -0.15) is 0 Å². The highest BCUT2D eigenvalue weighted by molar-refractivity contribution is 7.80. The van der Waals surface area contributed by atoms with Crippen molar-refractivity contribution < 1.29 is 9.47 Å². The Morgan fingerprint density at radius 3 is 2.00 bits per heavy atom. The van der Waals surface area contributed by atoms with Crippen molar-refractivity contribution >= 4 is 23.0 Å². The maximum absolute atomic E-state index is 6.09. The minimum absolute atomic E-state index is 0.102. The number of pyridine rings is 1. The summed E-state index contributed by atoms with van der Waals surface area (Å²) in [6.45, 7) is 6.59. The first kappa shape index (κ1) is 26.6. The lowest BCUT2D eigenvalue weighted by molar-refractivity contribution is 0.413. The molecule has 1 N–H and O–H groups in total. The van der Waals surface area contributed by atoms with E-state index in [9.17, 15) is 0 Å². The number of rotatable bonds is 7. The number of para-hydroxylation sites is 1. The standard InChI is InChI=1S/C34H32N4O2S/c1-22-23(2)37(25-10-6-5-7-11-25)24(3)31(22)33-32(30-12-8-9-21-35-30)36-34(41)38(33)26-13-15-28(16-14-26)40-29-19-17-27(39-4)18-20-29/h5-21,32-33H,1-4H3,(H,36,41)/t32-,33-/m0/s1. The molecule has 0 aliphatic carbocycles. The van der Waals surface area contributed by atoms with Crippen molar-refractivity contribution in [3.05, 3.63) is 131 Å². The van der Waals surface area contributed by atoms with Gasteiger partial charge in [0.05, 0.1) is 24.9 Å². The van der Waals surface area contributed by atoms with E-state index in [1.807, 2.05) is 60.8 Å². The average Bonchev–Trinajstić information content (AvgIpc) is 3.46. The predicted octanol–water partition coefficient (Wildman–Crippen LogP) is 7.78. The Bertz CT molecular complexity index is 1670. The van der Waals surface area contributed by atoms with E-state index >= 15 is 0 Å². The van der Waals surface area contributed by atoms with E-state index in [0.717, 1.165) is 34.3 Å². The summed E-state index contributed by atoms with van der Waals surface area (Å²) in [5, 5.41) is 4.26. The van der Waals surface area contributed by atoms with Crippen LogP contribution in [0.4, 0.5) is 5.69 Å². The Hall–Kier alpha value is -4.62. The Morgan fingerprint density at radius 2 is 1.37 bits per heavy atom. The van der Waals surface area contributed by atoms with Crippen LogP contribution in [0.3, 0.4) is 0 Å². The number of aromatic nitrogens is 2. The Labute approximate surface area is 246 Å². The first-order chi connectivity index (χ1) is 20.0. The molecule has 0 amide bonds. The van der Waals surface area contributed by atoms with Crippen LogP contribution < -0.4 is 19.7 Å². The first-order valence-electron chi connectivity index (χ1n) is 13.6. The minimum atomic E-state index is -0.123. The molecule has 1 saturated heterocycles. The molecule has 206 valence electrons. The fourth-order valence-electron chi connectivity index (χ4n) is 5.79. The van der Waals surface area contributed by atoms with Gasteiger partial charge in [0, 0.05) is 34.5 Å². The van der Waals surface area contributed by atoms with Crippen molar-refractivity contribution in [2.45, 2.75) is 32.9 Å². The Kier molecular flexibility index (Phi) is 7.20. The third-order valence-electron chi connectivity index (χ3n) is 7.83. The van der Waals surface area contributed by atoms with Crippen molar-refractivity contribution in [2.24, 2.45) is 0 Å². The summed E-state index contributed by atoms with van der Waals surface area (Å²) in [5.41, 5.74) is 7.97. The van der Waals surface area contributed by atoms with Crippen LogP contribution in [0.25, 0.3) is 5.69 Å². The lowest BCUT2D eigenvalue weighted by Gasteiger charge is -2.29. The van der Waals surface area contributed by atoms with Gasteiger partial charge in [0.2, 0.25) is 0 Å².